The highest BCUT2D eigenvalue weighted by Crippen LogP contribution is 2.23. The Labute approximate surface area is 144 Å². The van der Waals surface area contributed by atoms with Gasteiger partial charge >= 0.3 is 0 Å². The molecule has 126 valence electrons. The SMILES string of the molecule is [B]CCCCC(C)(N)CCN1CCC(Cc2ccccc2)CC1. The number of nitrogens with zero attached hydrogens (tertiary/aromatic N) is 1. The minimum Gasteiger partial charge on any atom is -0.325 e. The Morgan fingerprint density at radius 1 is 1.13 bits per heavy atom. The Kier molecular flexibility index (Phi) is 7.65. The molecule has 2 nitrogen and oxygen atoms in total. The van der Waals surface area contributed by atoms with Crippen molar-refractivity contribution in [3.8, 4) is 0 Å². The lowest BCUT2D eigenvalue weighted by atomic mass is 9.88. The molecule has 0 bridgehead atoms. The summed E-state index contributed by atoms with van der Waals surface area (Å²) in [5.41, 5.74) is 7.89. The number of nitrogens with two attached hydrogens (primary N) is 1. The van der Waals surface area contributed by atoms with E-state index in [1.165, 1.54) is 37.9 Å². The number of hydrogen-bond acceptors (Lipinski definition) is 2. The van der Waals surface area contributed by atoms with Gasteiger partial charge in [-0.1, -0.05) is 49.5 Å². The molecule has 1 aliphatic rings. The van der Waals surface area contributed by atoms with E-state index in [4.69, 9.17) is 13.6 Å². The second kappa shape index (κ2) is 9.49. The molecule has 2 rings (SSSR count). The van der Waals surface area contributed by atoms with Crippen LogP contribution in [0.15, 0.2) is 30.3 Å². The van der Waals surface area contributed by atoms with Crippen molar-refractivity contribution in [2.45, 2.75) is 63.7 Å². The van der Waals surface area contributed by atoms with Crippen LogP contribution >= 0.6 is 0 Å². The van der Waals surface area contributed by atoms with Gasteiger partial charge in [0.15, 0.2) is 0 Å². The van der Waals surface area contributed by atoms with E-state index < -0.39 is 0 Å². The minimum atomic E-state index is -0.0317. The van der Waals surface area contributed by atoms with E-state index in [2.05, 4.69) is 42.2 Å². The summed E-state index contributed by atoms with van der Waals surface area (Å²) in [6.07, 6.45) is 9.11. The first-order chi connectivity index (χ1) is 11.1. The molecule has 0 amide bonds. The van der Waals surface area contributed by atoms with Gasteiger partial charge in [0.2, 0.25) is 0 Å². The van der Waals surface area contributed by atoms with E-state index in [9.17, 15) is 0 Å². The molecule has 0 spiro atoms. The minimum absolute atomic E-state index is 0.0317. The smallest absolute Gasteiger partial charge is 0.0653 e. The Hall–Kier alpha value is -0.795. The van der Waals surface area contributed by atoms with E-state index in [0.717, 1.165) is 44.5 Å². The lowest BCUT2D eigenvalue weighted by molar-refractivity contribution is 0.168. The van der Waals surface area contributed by atoms with E-state index >= 15 is 0 Å². The third-order valence-electron chi connectivity index (χ3n) is 5.28. The molecule has 0 saturated carbocycles. The van der Waals surface area contributed by atoms with Crippen LogP contribution in [0.2, 0.25) is 6.32 Å². The van der Waals surface area contributed by atoms with Gasteiger partial charge in [-0.05, 0) is 70.1 Å². The highest BCUT2D eigenvalue weighted by Gasteiger charge is 2.23. The maximum absolute atomic E-state index is 6.44. The van der Waals surface area contributed by atoms with Crippen LogP contribution in [0.4, 0.5) is 0 Å². The first-order valence-electron chi connectivity index (χ1n) is 9.34. The number of benzene rings is 1. The first-order valence-corrected chi connectivity index (χ1v) is 9.34. The lowest BCUT2D eigenvalue weighted by Crippen LogP contribution is -2.42. The van der Waals surface area contributed by atoms with Gasteiger partial charge in [0.25, 0.3) is 0 Å². The number of unbranched alkanes of at least 4 members (excludes halogenated alkanes) is 1. The monoisotopic (exact) mass is 312 g/mol. The van der Waals surface area contributed by atoms with Crippen LogP contribution in [0.1, 0.15) is 51.0 Å². The van der Waals surface area contributed by atoms with Crippen LogP contribution in [0.25, 0.3) is 0 Å². The number of hydrogen-bond donors (Lipinski definition) is 1. The van der Waals surface area contributed by atoms with Gasteiger partial charge in [-0.15, -0.1) is 0 Å². The summed E-state index contributed by atoms with van der Waals surface area (Å²) in [7, 11) is 5.57. The van der Waals surface area contributed by atoms with Crippen molar-refractivity contribution in [3.63, 3.8) is 0 Å². The topological polar surface area (TPSA) is 29.3 Å². The predicted octanol–water partition coefficient (Wildman–Crippen LogP) is 3.81. The van der Waals surface area contributed by atoms with Gasteiger partial charge in [0.1, 0.15) is 0 Å². The van der Waals surface area contributed by atoms with Crippen molar-refractivity contribution >= 4 is 7.85 Å². The highest BCUT2D eigenvalue weighted by molar-refractivity contribution is 6.08. The van der Waals surface area contributed by atoms with E-state index in [0.29, 0.717) is 0 Å². The van der Waals surface area contributed by atoms with E-state index in [1.54, 1.807) is 0 Å². The second-order valence-electron chi connectivity index (χ2n) is 7.62. The highest BCUT2D eigenvalue weighted by atomic mass is 15.1. The Balaban J connectivity index is 1.64. The summed E-state index contributed by atoms with van der Waals surface area (Å²) >= 11 is 0. The van der Waals surface area contributed by atoms with Crippen LogP contribution in [0.5, 0.6) is 0 Å². The summed E-state index contributed by atoms with van der Waals surface area (Å²) < 4.78 is 0. The zero-order chi connectivity index (χ0) is 16.5. The molecule has 0 aliphatic carbocycles. The third-order valence-corrected chi connectivity index (χ3v) is 5.28. The zero-order valence-electron chi connectivity index (χ0n) is 14.8. The molecule has 0 aromatic heterocycles. The Morgan fingerprint density at radius 2 is 1.83 bits per heavy atom. The molecule has 1 heterocycles. The lowest BCUT2D eigenvalue weighted by Gasteiger charge is -2.34. The number of rotatable bonds is 9. The van der Waals surface area contributed by atoms with E-state index in [1.807, 2.05) is 0 Å². The van der Waals surface area contributed by atoms with Gasteiger partial charge in [-0.3, -0.25) is 0 Å². The first kappa shape index (κ1) is 18.5. The fourth-order valence-corrected chi connectivity index (χ4v) is 3.57. The maximum atomic E-state index is 6.44. The van der Waals surface area contributed by atoms with Crippen molar-refractivity contribution in [2.24, 2.45) is 11.7 Å². The van der Waals surface area contributed by atoms with E-state index in [-0.39, 0.29) is 5.54 Å². The van der Waals surface area contributed by atoms with Gasteiger partial charge in [-0.25, -0.2) is 0 Å². The molecular formula is C20H33BN2. The largest absolute Gasteiger partial charge is 0.325 e. The summed E-state index contributed by atoms with van der Waals surface area (Å²) in [4.78, 5) is 2.61. The molecule has 1 aliphatic heterocycles. The van der Waals surface area contributed by atoms with Crippen LogP contribution in [0.3, 0.4) is 0 Å². The van der Waals surface area contributed by atoms with Crippen LogP contribution < -0.4 is 5.73 Å². The quantitative estimate of drug-likeness (QED) is 0.555. The molecule has 2 radical (unpaired) electrons. The molecule has 23 heavy (non-hydrogen) atoms. The average molecular weight is 312 g/mol. The van der Waals surface area contributed by atoms with Crippen molar-refractivity contribution in [3.05, 3.63) is 35.9 Å². The zero-order valence-corrected chi connectivity index (χ0v) is 14.8. The summed E-state index contributed by atoms with van der Waals surface area (Å²) in [6, 6.07) is 10.9. The van der Waals surface area contributed by atoms with Gasteiger partial charge in [-0.2, -0.15) is 0 Å². The van der Waals surface area contributed by atoms with Gasteiger partial charge < -0.3 is 10.6 Å². The molecule has 3 heteroatoms. The molecule has 1 saturated heterocycles. The van der Waals surface area contributed by atoms with Crippen molar-refractivity contribution in [1.29, 1.82) is 0 Å². The van der Waals surface area contributed by atoms with Crippen LogP contribution in [-0.2, 0) is 6.42 Å². The summed E-state index contributed by atoms with van der Waals surface area (Å²) in [6.45, 7) is 5.81. The van der Waals surface area contributed by atoms with Crippen molar-refractivity contribution in [2.75, 3.05) is 19.6 Å². The molecule has 1 aromatic carbocycles. The van der Waals surface area contributed by atoms with Crippen molar-refractivity contribution < 1.29 is 0 Å². The van der Waals surface area contributed by atoms with Crippen molar-refractivity contribution in [1.82, 2.24) is 4.90 Å². The standard InChI is InChI=1S/C20H33BN2/c1-20(22,11-5-6-13-21)12-16-23-14-9-19(10-15-23)17-18-7-3-2-4-8-18/h2-4,7-8,19H,5-6,9-17,22H2,1H3. The average Bonchev–Trinajstić information content (AvgIpc) is 2.55. The molecule has 1 unspecified atom stereocenters. The third kappa shape index (κ3) is 7.09. The predicted molar refractivity (Wildman–Crippen MR) is 101 cm³/mol. The van der Waals surface area contributed by atoms with Crippen LogP contribution in [-0.4, -0.2) is 37.9 Å². The molecule has 1 fully saturated rings. The summed E-state index contributed by atoms with van der Waals surface area (Å²) in [5.74, 6) is 0.850. The molecule has 1 aromatic rings. The van der Waals surface area contributed by atoms with Crippen LogP contribution in [0, 0.1) is 5.92 Å². The fraction of sp³-hybridized carbons (Fsp3) is 0.700. The fourth-order valence-electron chi connectivity index (χ4n) is 3.57. The number of piperidine rings is 1. The molecule has 2 N–H and O–H groups in total. The normalized spacial score (nSPS) is 19.6. The van der Waals surface area contributed by atoms with Gasteiger partial charge in [0.05, 0.1) is 7.85 Å². The van der Waals surface area contributed by atoms with Gasteiger partial charge in [0, 0.05) is 5.54 Å². The maximum Gasteiger partial charge on any atom is 0.0653 e. The molecule has 1 atom stereocenters. The number of likely N-dealkylation sites (tertiary alicyclic amines) is 1. The Morgan fingerprint density at radius 3 is 2.48 bits per heavy atom. The summed E-state index contributed by atoms with van der Waals surface area (Å²) in [5, 5.41) is 0. The molecular weight excluding hydrogens is 279 g/mol. The second-order valence-corrected chi connectivity index (χ2v) is 7.62. The Bertz CT molecular complexity index is 425.